The van der Waals surface area contributed by atoms with Gasteiger partial charge in [0, 0.05) is 31.9 Å². The number of likely N-dealkylation sites (N-methyl/N-ethyl adjacent to an activating group) is 1. The summed E-state index contributed by atoms with van der Waals surface area (Å²) in [4.78, 5) is 17.2. The molecule has 0 aromatic carbocycles. The molecule has 156 valence electrons. The smallest absolute Gasteiger partial charge is 0.271 e. The molecule has 4 bridgehead atoms. The molecule has 3 N–H and O–H groups in total. The Bertz CT molecular complexity index is 1190. The van der Waals surface area contributed by atoms with E-state index in [1.54, 1.807) is 44.2 Å². The van der Waals surface area contributed by atoms with Gasteiger partial charge in [0.1, 0.15) is 6.04 Å². The van der Waals surface area contributed by atoms with Crippen molar-refractivity contribution in [2.75, 3.05) is 37.9 Å². The molecule has 4 heterocycles. The van der Waals surface area contributed by atoms with Gasteiger partial charge in [-0.2, -0.15) is 5.11 Å². The van der Waals surface area contributed by atoms with Crippen molar-refractivity contribution in [3.63, 3.8) is 0 Å². The first-order valence-electron chi connectivity index (χ1n) is 10.6. The Morgan fingerprint density at radius 1 is 1.43 bits per heavy atom. The van der Waals surface area contributed by atoms with Crippen LogP contribution in [0.5, 0.6) is 0 Å². The summed E-state index contributed by atoms with van der Waals surface area (Å²) in [5.74, 6) is 0.0549. The van der Waals surface area contributed by atoms with Crippen LogP contribution >= 0.6 is 0 Å². The van der Waals surface area contributed by atoms with E-state index >= 15 is 0 Å². The van der Waals surface area contributed by atoms with Gasteiger partial charge in [0.15, 0.2) is 17.2 Å². The van der Waals surface area contributed by atoms with E-state index < -0.39 is 12.6 Å². The van der Waals surface area contributed by atoms with Gasteiger partial charge in [-0.1, -0.05) is 11.3 Å². The van der Waals surface area contributed by atoms with Crippen LogP contribution in [0.4, 0.5) is 11.5 Å². The molecule has 0 fully saturated rings. The van der Waals surface area contributed by atoms with Crippen LogP contribution in [0, 0.1) is 0 Å². The first-order valence-corrected chi connectivity index (χ1v) is 9.62. The number of hydrogen-bond donors (Lipinski definition) is 3. The summed E-state index contributed by atoms with van der Waals surface area (Å²) in [6, 6.07) is 0.702. The Balaban J connectivity index is 1.67. The second-order valence-corrected chi connectivity index (χ2v) is 7.42. The van der Waals surface area contributed by atoms with Crippen molar-refractivity contribution in [2.45, 2.75) is 25.0 Å². The fourth-order valence-electron chi connectivity index (χ4n) is 3.68. The van der Waals surface area contributed by atoms with Gasteiger partial charge in [-0.05, 0) is 18.6 Å². The molecular weight excluding hydrogens is 386 g/mol. The lowest BCUT2D eigenvalue weighted by atomic mass is 9.95. The zero-order chi connectivity index (χ0) is 22.6. The van der Waals surface area contributed by atoms with Crippen molar-refractivity contribution < 1.29 is 12.3 Å². The highest BCUT2D eigenvalue weighted by Gasteiger charge is 2.35. The third kappa shape index (κ3) is 3.07. The number of rotatable bonds is 1. The third-order valence-corrected chi connectivity index (χ3v) is 5.19. The number of nitrogens with one attached hydrogen (secondary N) is 3. The number of amides is 1. The number of fused-ring (bicyclic) bond motifs is 4. The normalized spacial score (nSPS) is 28.6. The fourth-order valence-corrected chi connectivity index (χ4v) is 3.68. The summed E-state index contributed by atoms with van der Waals surface area (Å²) in [5, 5.41) is 23.9. The number of ether oxygens (including phenoxy) is 1. The number of carbonyl (C=O) groups excluding carboxylic acids is 1. The highest BCUT2D eigenvalue weighted by molar-refractivity contribution is 5.94. The molecule has 11 heteroatoms. The van der Waals surface area contributed by atoms with E-state index in [1.165, 1.54) is 10.7 Å². The quantitative estimate of drug-likeness (QED) is 0.645. The van der Waals surface area contributed by atoms with Crippen LogP contribution in [0.15, 0.2) is 46.0 Å². The summed E-state index contributed by atoms with van der Waals surface area (Å²) in [7, 11) is 3.55. The molecule has 3 aliphatic rings. The third-order valence-electron chi connectivity index (χ3n) is 5.19. The van der Waals surface area contributed by atoms with Crippen LogP contribution in [0.2, 0.25) is 0 Å². The summed E-state index contributed by atoms with van der Waals surface area (Å²) >= 11 is 0. The van der Waals surface area contributed by atoms with Crippen LogP contribution in [-0.2, 0) is 4.74 Å². The van der Waals surface area contributed by atoms with E-state index in [9.17, 15) is 4.79 Å². The average Bonchev–Trinajstić information content (AvgIpc) is 3.35. The van der Waals surface area contributed by atoms with Gasteiger partial charge >= 0.3 is 0 Å². The minimum atomic E-state index is -2.08. The topological polar surface area (TPSA) is 121 Å². The van der Waals surface area contributed by atoms with Gasteiger partial charge in [-0.15, -0.1) is 5.10 Å². The van der Waals surface area contributed by atoms with Crippen molar-refractivity contribution in [1.29, 1.82) is 0 Å². The number of anilines is 2. The van der Waals surface area contributed by atoms with E-state index in [0.717, 1.165) is 0 Å². The van der Waals surface area contributed by atoms with Crippen LogP contribution in [0.1, 0.15) is 20.2 Å². The number of imidazole rings is 1. The highest BCUT2D eigenvalue weighted by atomic mass is 16.5. The number of aromatic nitrogens is 3. The molecule has 1 amide bonds. The molecule has 0 radical (unpaired) electrons. The minimum Gasteiger partial charge on any atom is -0.385 e. The molecule has 0 saturated carbocycles. The van der Waals surface area contributed by atoms with E-state index in [1.807, 2.05) is 0 Å². The molecule has 11 nitrogen and oxygen atoms in total. The molecule has 1 aliphatic carbocycles. The Hall–Kier alpha value is -3.47. The molecule has 0 saturated heterocycles. The predicted octanol–water partition coefficient (Wildman–Crippen LogP) is 1.21. The van der Waals surface area contributed by atoms with Crippen LogP contribution in [0.25, 0.3) is 5.65 Å². The number of hydrogen-bond acceptors (Lipinski definition) is 9. The van der Waals surface area contributed by atoms with Crippen LogP contribution < -0.4 is 16.0 Å². The van der Waals surface area contributed by atoms with E-state index in [4.69, 9.17) is 7.48 Å². The zero-order valence-electron chi connectivity index (χ0n) is 18.7. The molecule has 3 atom stereocenters. The summed E-state index contributed by atoms with van der Waals surface area (Å²) in [6.07, 6.45) is 4.92. The monoisotopic (exact) mass is 411 g/mol. The standard InChI is InChI=1S/C19H23N9O2/c1-10-8-30-9-11-4-12(17-14(5-11)27(3)26-24-17)23-16-6-13(20-2)18-21-7-15(19(29)22-10)28(18)25-16/h4-7,10,14,17,20H,8-9H2,1-3H3,(H,22,29)(H,23,25)/t10-,14?,17?/m1/s1/i9D2. The minimum absolute atomic E-state index is 0.0253. The van der Waals surface area contributed by atoms with Crippen molar-refractivity contribution in [3.8, 4) is 0 Å². The lowest BCUT2D eigenvalue weighted by Crippen LogP contribution is -2.38. The molecule has 2 aromatic heterocycles. The first-order chi connectivity index (χ1) is 15.3. The van der Waals surface area contributed by atoms with Crippen molar-refractivity contribution in [1.82, 2.24) is 24.9 Å². The van der Waals surface area contributed by atoms with Crippen LogP contribution in [-0.4, -0.2) is 70.9 Å². The average molecular weight is 411 g/mol. The Morgan fingerprint density at radius 2 is 2.30 bits per heavy atom. The Labute approximate surface area is 175 Å². The fraction of sp³-hybridized carbons (Fsp3) is 0.421. The van der Waals surface area contributed by atoms with E-state index in [0.29, 0.717) is 28.4 Å². The maximum atomic E-state index is 12.9. The molecule has 2 aromatic rings. The zero-order valence-corrected chi connectivity index (χ0v) is 16.7. The summed E-state index contributed by atoms with van der Waals surface area (Å²) < 4.78 is 24.1. The van der Waals surface area contributed by atoms with Crippen molar-refractivity contribution in [2.24, 2.45) is 10.3 Å². The van der Waals surface area contributed by atoms with E-state index in [2.05, 4.69) is 36.4 Å². The van der Waals surface area contributed by atoms with Gasteiger partial charge in [0.25, 0.3) is 5.91 Å². The lowest BCUT2D eigenvalue weighted by molar-refractivity contribution is 0.0875. The SMILES string of the molecule is [2H]C1([2H])OC[C@@H](C)NC(=O)c2cnc3c(NC)cc(nn23)NC2=CC1=CC1C2N=NN1C. The molecule has 2 unspecified atom stereocenters. The van der Waals surface area contributed by atoms with Crippen molar-refractivity contribution in [3.05, 3.63) is 41.4 Å². The highest BCUT2D eigenvalue weighted by Crippen LogP contribution is 2.31. The van der Waals surface area contributed by atoms with Gasteiger partial charge in [-0.3, -0.25) is 9.80 Å². The molecule has 30 heavy (non-hydrogen) atoms. The van der Waals surface area contributed by atoms with Gasteiger partial charge in [-0.25, -0.2) is 9.50 Å². The largest absolute Gasteiger partial charge is 0.385 e. The maximum absolute atomic E-state index is 12.9. The predicted molar refractivity (Wildman–Crippen MR) is 110 cm³/mol. The first kappa shape index (κ1) is 16.3. The Kier molecular flexibility index (Phi) is 3.86. The maximum Gasteiger partial charge on any atom is 0.271 e. The van der Waals surface area contributed by atoms with E-state index in [-0.39, 0.29) is 30.3 Å². The van der Waals surface area contributed by atoms with Gasteiger partial charge in [0.2, 0.25) is 0 Å². The Morgan fingerprint density at radius 3 is 3.13 bits per heavy atom. The number of nitrogens with zero attached hydrogens (tertiary/aromatic N) is 6. The molecule has 5 rings (SSSR count). The summed E-state index contributed by atoms with van der Waals surface area (Å²) in [5.41, 5.74) is 2.40. The second-order valence-electron chi connectivity index (χ2n) is 7.42. The second kappa shape index (κ2) is 7.10. The van der Waals surface area contributed by atoms with Gasteiger partial charge < -0.3 is 20.7 Å². The number of carbonyl (C=O) groups is 1. The van der Waals surface area contributed by atoms with Crippen LogP contribution in [0.3, 0.4) is 0 Å². The lowest BCUT2D eigenvalue weighted by Gasteiger charge is -2.27. The summed E-state index contributed by atoms with van der Waals surface area (Å²) in [6.45, 7) is -0.361. The van der Waals surface area contributed by atoms with Gasteiger partial charge in [0.05, 0.1) is 33.8 Å². The molecule has 2 aliphatic heterocycles. The molecule has 0 spiro atoms. The van der Waals surface area contributed by atoms with Crippen molar-refractivity contribution >= 4 is 23.1 Å². The molecular formula is C19H23N9O2.